The van der Waals surface area contributed by atoms with Crippen LogP contribution in [0, 0.1) is 0 Å². The second kappa shape index (κ2) is 7.79. The highest BCUT2D eigenvalue weighted by molar-refractivity contribution is 7.93. The summed E-state index contributed by atoms with van der Waals surface area (Å²) >= 11 is 0. The van der Waals surface area contributed by atoms with Crippen LogP contribution < -0.4 is 5.06 Å². The summed E-state index contributed by atoms with van der Waals surface area (Å²) in [5.74, 6) is 0. The first-order valence-electron chi connectivity index (χ1n) is 10.6. The van der Waals surface area contributed by atoms with Crippen molar-refractivity contribution in [2.75, 3.05) is 18.2 Å². The van der Waals surface area contributed by atoms with Gasteiger partial charge in [-0.05, 0) is 36.8 Å². The summed E-state index contributed by atoms with van der Waals surface area (Å²) < 4.78 is 27.0. The molecular formula is C25H26N2O3S. The van der Waals surface area contributed by atoms with E-state index in [2.05, 4.69) is 24.0 Å². The van der Waals surface area contributed by atoms with Crippen molar-refractivity contribution in [3.8, 4) is 0 Å². The van der Waals surface area contributed by atoms with Crippen LogP contribution in [0.3, 0.4) is 0 Å². The summed E-state index contributed by atoms with van der Waals surface area (Å²) in [7, 11) is -3.64. The number of fused-ring (bicyclic) bond motifs is 1. The molecule has 0 spiro atoms. The summed E-state index contributed by atoms with van der Waals surface area (Å²) in [6, 6.07) is 28.5. The lowest BCUT2D eigenvalue weighted by Crippen LogP contribution is -2.52. The van der Waals surface area contributed by atoms with Crippen LogP contribution in [0.4, 0.5) is 5.69 Å². The van der Waals surface area contributed by atoms with Crippen molar-refractivity contribution in [1.29, 1.82) is 0 Å². The molecule has 6 heteroatoms. The number of para-hydroxylation sites is 1. The van der Waals surface area contributed by atoms with Gasteiger partial charge in [0.2, 0.25) is 0 Å². The first-order valence-corrected chi connectivity index (χ1v) is 12.1. The molecule has 2 aliphatic rings. The number of hydrogen-bond donors (Lipinski definition) is 0. The number of hydroxylamine groups is 1. The fourth-order valence-electron chi connectivity index (χ4n) is 5.00. The van der Waals surface area contributed by atoms with E-state index in [4.69, 9.17) is 4.84 Å². The van der Waals surface area contributed by atoms with Crippen LogP contribution in [0.25, 0.3) is 0 Å². The zero-order chi connectivity index (χ0) is 21.5. The van der Waals surface area contributed by atoms with Gasteiger partial charge in [-0.25, -0.2) is 13.5 Å². The molecule has 3 atom stereocenters. The minimum atomic E-state index is -3.64. The third-order valence-electron chi connectivity index (χ3n) is 6.57. The fourth-order valence-corrected chi connectivity index (χ4v) is 7.14. The number of sulfone groups is 1. The molecule has 160 valence electrons. The van der Waals surface area contributed by atoms with Gasteiger partial charge in [0, 0.05) is 19.1 Å². The van der Waals surface area contributed by atoms with Crippen LogP contribution in [0.5, 0.6) is 0 Å². The van der Waals surface area contributed by atoms with Gasteiger partial charge in [0.05, 0.1) is 23.2 Å². The Hall–Kier alpha value is -2.67. The van der Waals surface area contributed by atoms with Crippen LogP contribution in [-0.2, 0) is 21.2 Å². The average Bonchev–Trinajstić information content (AvgIpc) is 3.33. The fraction of sp³-hybridized carbons (Fsp3) is 0.280. The van der Waals surface area contributed by atoms with E-state index >= 15 is 0 Å². The van der Waals surface area contributed by atoms with Gasteiger partial charge in [-0.15, -0.1) is 0 Å². The molecule has 0 saturated carbocycles. The van der Waals surface area contributed by atoms with Crippen molar-refractivity contribution in [2.45, 2.75) is 35.2 Å². The molecule has 2 fully saturated rings. The minimum Gasteiger partial charge on any atom is -0.292 e. The van der Waals surface area contributed by atoms with Gasteiger partial charge < -0.3 is 0 Å². The molecule has 0 aromatic heterocycles. The van der Waals surface area contributed by atoms with Gasteiger partial charge in [-0.1, -0.05) is 66.7 Å². The summed E-state index contributed by atoms with van der Waals surface area (Å²) in [5, 5.41) is 1.83. The highest BCUT2D eigenvalue weighted by Crippen LogP contribution is 2.47. The normalized spacial score (nSPS) is 26.2. The summed E-state index contributed by atoms with van der Waals surface area (Å²) in [4.78, 5) is 8.74. The Morgan fingerprint density at radius 2 is 1.48 bits per heavy atom. The van der Waals surface area contributed by atoms with E-state index < -0.39 is 14.6 Å². The number of rotatable bonds is 5. The molecule has 0 aliphatic carbocycles. The molecule has 2 heterocycles. The lowest BCUT2D eigenvalue weighted by Gasteiger charge is -2.32. The number of anilines is 1. The van der Waals surface area contributed by atoms with Gasteiger partial charge in [0.15, 0.2) is 9.84 Å². The number of likely N-dealkylation sites (tertiary alicyclic amines) is 1. The molecule has 3 aromatic carbocycles. The molecule has 3 aromatic rings. The first kappa shape index (κ1) is 20.2. The van der Waals surface area contributed by atoms with Crippen LogP contribution >= 0.6 is 0 Å². The van der Waals surface area contributed by atoms with Crippen molar-refractivity contribution in [3.63, 3.8) is 0 Å². The molecule has 31 heavy (non-hydrogen) atoms. The highest BCUT2D eigenvalue weighted by Gasteiger charge is 2.65. The van der Waals surface area contributed by atoms with Crippen LogP contribution in [-0.4, -0.2) is 43.3 Å². The predicted molar refractivity (Wildman–Crippen MR) is 121 cm³/mol. The molecule has 0 N–H and O–H groups in total. The Morgan fingerprint density at radius 3 is 2.13 bits per heavy atom. The smallest absolute Gasteiger partial charge is 0.189 e. The van der Waals surface area contributed by atoms with E-state index in [1.807, 2.05) is 59.7 Å². The van der Waals surface area contributed by atoms with Gasteiger partial charge in [-0.2, -0.15) is 0 Å². The Bertz CT molecular complexity index is 1140. The molecule has 5 nitrogen and oxygen atoms in total. The molecule has 0 bridgehead atoms. The Morgan fingerprint density at radius 1 is 0.903 bits per heavy atom. The quantitative estimate of drug-likeness (QED) is 0.609. The number of hydrogen-bond acceptors (Lipinski definition) is 5. The maximum Gasteiger partial charge on any atom is 0.189 e. The lowest BCUT2D eigenvalue weighted by molar-refractivity contribution is 0.118. The van der Waals surface area contributed by atoms with E-state index in [-0.39, 0.29) is 18.7 Å². The zero-order valence-corrected chi connectivity index (χ0v) is 18.3. The summed E-state index contributed by atoms with van der Waals surface area (Å²) in [6.07, 6.45) is 0. The summed E-state index contributed by atoms with van der Waals surface area (Å²) in [6.45, 7) is 3.38. The zero-order valence-electron chi connectivity index (χ0n) is 17.5. The van der Waals surface area contributed by atoms with E-state index in [9.17, 15) is 8.42 Å². The Balaban J connectivity index is 1.59. The second-order valence-corrected chi connectivity index (χ2v) is 10.7. The van der Waals surface area contributed by atoms with E-state index in [0.717, 1.165) is 5.69 Å². The van der Waals surface area contributed by atoms with Crippen molar-refractivity contribution in [1.82, 2.24) is 4.90 Å². The van der Waals surface area contributed by atoms with Gasteiger partial charge in [-0.3, -0.25) is 9.74 Å². The Kier molecular flexibility index (Phi) is 5.08. The number of benzene rings is 3. The minimum absolute atomic E-state index is 0.0126. The van der Waals surface area contributed by atoms with Gasteiger partial charge in [0.1, 0.15) is 4.75 Å². The molecule has 0 unspecified atom stereocenters. The standard InChI is InChI=1S/C25H26N2O3S/c1-20-24-25(31(28,29)23-15-9-4-10-16-23,18-26(20)17-21-11-5-2-6-12-21)19-30-27(24)22-13-7-3-8-14-22/h2-16,20,24H,17-19H2,1H3/t20-,24-,25+/m0/s1. The topological polar surface area (TPSA) is 49.9 Å². The van der Waals surface area contributed by atoms with Crippen molar-refractivity contribution >= 4 is 15.5 Å². The maximum absolute atomic E-state index is 14.0. The monoisotopic (exact) mass is 434 g/mol. The molecule has 0 radical (unpaired) electrons. The van der Waals surface area contributed by atoms with Crippen LogP contribution in [0.2, 0.25) is 0 Å². The lowest BCUT2D eigenvalue weighted by atomic mass is 10.00. The largest absolute Gasteiger partial charge is 0.292 e. The molecule has 2 saturated heterocycles. The van der Waals surface area contributed by atoms with Gasteiger partial charge >= 0.3 is 0 Å². The van der Waals surface area contributed by atoms with Crippen LogP contribution in [0.15, 0.2) is 95.9 Å². The van der Waals surface area contributed by atoms with Crippen molar-refractivity contribution in [2.24, 2.45) is 0 Å². The van der Waals surface area contributed by atoms with Crippen molar-refractivity contribution < 1.29 is 13.3 Å². The first-order chi connectivity index (χ1) is 15.0. The SMILES string of the molecule is C[C@H]1[C@@H]2N(c3ccccc3)OC[C@]2(S(=O)(=O)c2ccccc2)CN1Cc1ccccc1. The third kappa shape index (κ3) is 3.26. The van der Waals surface area contributed by atoms with E-state index in [0.29, 0.717) is 18.0 Å². The maximum atomic E-state index is 14.0. The highest BCUT2D eigenvalue weighted by atomic mass is 32.2. The predicted octanol–water partition coefficient (Wildman–Crippen LogP) is 3.92. The van der Waals surface area contributed by atoms with Gasteiger partial charge in [0.25, 0.3) is 0 Å². The molecule has 0 amide bonds. The van der Waals surface area contributed by atoms with Crippen molar-refractivity contribution in [3.05, 3.63) is 96.6 Å². The second-order valence-electron chi connectivity index (χ2n) is 8.39. The Labute approximate surface area is 183 Å². The molecular weight excluding hydrogens is 408 g/mol. The van der Waals surface area contributed by atoms with Crippen LogP contribution in [0.1, 0.15) is 12.5 Å². The summed E-state index contributed by atoms with van der Waals surface area (Å²) in [5.41, 5.74) is 2.06. The van der Waals surface area contributed by atoms with E-state index in [1.54, 1.807) is 24.3 Å². The van der Waals surface area contributed by atoms with E-state index in [1.165, 1.54) is 5.56 Å². The molecule has 2 aliphatic heterocycles. The number of nitrogens with zero attached hydrogens (tertiary/aromatic N) is 2. The third-order valence-corrected chi connectivity index (χ3v) is 9.02. The molecule has 5 rings (SSSR count). The average molecular weight is 435 g/mol.